The molecule has 2 fully saturated rings. The zero-order valence-electron chi connectivity index (χ0n) is 12.2. The van der Waals surface area contributed by atoms with E-state index in [2.05, 4.69) is 24.5 Å². The van der Waals surface area contributed by atoms with Crippen molar-refractivity contribution in [2.75, 3.05) is 13.1 Å². The second-order valence-corrected chi connectivity index (χ2v) is 6.69. The predicted octanol–water partition coefficient (Wildman–Crippen LogP) is 1.43. The summed E-state index contributed by atoms with van der Waals surface area (Å²) >= 11 is 0. The highest BCUT2D eigenvalue weighted by Gasteiger charge is 2.34. The van der Waals surface area contributed by atoms with Gasteiger partial charge in [0.1, 0.15) is 0 Å². The Morgan fingerprint density at radius 2 is 2.16 bits per heavy atom. The fourth-order valence-corrected chi connectivity index (χ4v) is 3.56. The molecule has 0 radical (unpaired) electrons. The van der Waals surface area contributed by atoms with Gasteiger partial charge in [0, 0.05) is 6.54 Å². The monoisotopic (exact) mass is 268 g/mol. The molecule has 0 bridgehead atoms. The molecule has 1 amide bonds. The number of carbonyl (C=O) groups is 1. The normalized spacial score (nSPS) is 39.8. The molecule has 0 aromatic heterocycles. The molecular formula is C15H28N2O2. The topological polar surface area (TPSA) is 61.4 Å². The Morgan fingerprint density at radius 3 is 2.84 bits per heavy atom. The van der Waals surface area contributed by atoms with Gasteiger partial charge in [0.05, 0.1) is 11.6 Å². The number of aliphatic hydroxyl groups is 1. The van der Waals surface area contributed by atoms with E-state index in [1.807, 2.05) is 0 Å². The second-order valence-electron chi connectivity index (χ2n) is 6.69. The van der Waals surface area contributed by atoms with Crippen molar-refractivity contribution in [1.82, 2.24) is 10.6 Å². The summed E-state index contributed by atoms with van der Waals surface area (Å²) in [5.74, 6) is 0.995. The van der Waals surface area contributed by atoms with Gasteiger partial charge in [-0.15, -0.1) is 0 Å². The summed E-state index contributed by atoms with van der Waals surface area (Å²) in [6.45, 7) is 5.62. The average molecular weight is 268 g/mol. The maximum Gasteiger partial charge on any atom is 0.237 e. The minimum absolute atomic E-state index is 0.0545. The Bertz CT molecular complexity index is 321. The van der Waals surface area contributed by atoms with E-state index >= 15 is 0 Å². The molecule has 1 saturated carbocycles. The van der Waals surface area contributed by atoms with Crippen molar-refractivity contribution in [2.45, 2.75) is 64.0 Å². The Balaban J connectivity index is 1.82. The smallest absolute Gasteiger partial charge is 0.237 e. The first-order valence-corrected chi connectivity index (χ1v) is 7.74. The summed E-state index contributed by atoms with van der Waals surface area (Å²) in [4.78, 5) is 12.2. The van der Waals surface area contributed by atoms with Gasteiger partial charge in [-0.3, -0.25) is 4.79 Å². The zero-order valence-corrected chi connectivity index (χ0v) is 12.2. The van der Waals surface area contributed by atoms with Crippen LogP contribution >= 0.6 is 0 Å². The number of rotatable bonds is 3. The number of piperidine rings is 1. The van der Waals surface area contributed by atoms with Crippen LogP contribution in [0.2, 0.25) is 0 Å². The molecule has 1 saturated heterocycles. The van der Waals surface area contributed by atoms with Gasteiger partial charge in [0.15, 0.2) is 0 Å². The van der Waals surface area contributed by atoms with E-state index in [-0.39, 0.29) is 11.9 Å². The molecule has 2 rings (SSSR count). The van der Waals surface area contributed by atoms with Gasteiger partial charge >= 0.3 is 0 Å². The van der Waals surface area contributed by atoms with Gasteiger partial charge in [-0.25, -0.2) is 0 Å². The first-order valence-electron chi connectivity index (χ1n) is 7.74. The maximum atomic E-state index is 12.2. The lowest BCUT2D eigenvalue weighted by atomic mass is 9.79. The van der Waals surface area contributed by atoms with Gasteiger partial charge in [-0.05, 0) is 44.1 Å². The molecule has 4 heteroatoms. The van der Waals surface area contributed by atoms with Gasteiger partial charge < -0.3 is 15.7 Å². The van der Waals surface area contributed by atoms with Crippen LogP contribution in [0.1, 0.15) is 52.4 Å². The third kappa shape index (κ3) is 3.93. The van der Waals surface area contributed by atoms with Crippen molar-refractivity contribution >= 4 is 5.91 Å². The first kappa shape index (κ1) is 14.8. The van der Waals surface area contributed by atoms with E-state index in [1.54, 1.807) is 0 Å². The van der Waals surface area contributed by atoms with Gasteiger partial charge in [-0.1, -0.05) is 26.7 Å². The first-order chi connectivity index (χ1) is 9.00. The van der Waals surface area contributed by atoms with Crippen molar-refractivity contribution in [2.24, 2.45) is 11.8 Å². The predicted molar refractivity (Wildman–Crippen MR) is 75.8 cm³/mol. The highest BCUT2D eigenvalue weighted by Crippen LogP contribution is 2.31. The third-order valence-electron chi connectivity index (χ3n) is 4.71. The standard InChI is InChI=1S/C15H28N2O2/c1-11-5-3-7-15(19,9-11)10-17-14(18)13-12(2)6-4-8-16-13/h11-13,16,19H,3-10H2,1-2H3,(H,17,18). The van der Waals surface area contributed by atoms with E-state index in [0.29, 0.717) is 18.4 Å². The molecule has 1 aliphatic carbocycles. The third-order valence-corrected chi connectivity index (χ3v) is 4.71. The zero-order chi connectivity index (χ0) is 13.9. The number of carbonyl (C=O) groups excluding carboxylic acids is 1. The van der Waals surface area contributed by atoms with Crippen LogP contribution in [0.4, 0.5) is 0 Å². The number of nitrogens with one attached hydrogen (secondary N) is 2. The minimum atomic E-state index is -0.689. The van der Waals surface area contributed by atoms with Gasteiger partial charge in [0.2, 0.25) is 5.91 Å². The van der Waals surface area contributed by atoms with E-state index in [0.717, 1.165) is 38.6 Å². The molecule has 0 spiro atoms. The van der Waals surface area contributed by atoms with Gasteiger partial charge in [-0.2, -0.15) is 0 Å². The fourth-order valence-electron chi connectivity index (χ4n) is 3.56. The average Bonchev–Trinajstić information content (AvgIpc) is 2.36. The molecule has 1 heterocycles. The SMILES string of the molecule is CC1CCCC(O)(CNC(=O)C2NCCCC2C)C1. The van der Waals surface area contributed by atoms with Crippen molar-refractivity contribution in [3.63, 3.8) is 0 Å². The van der Waals surface area contributed by atoms with Crippen LogP contribution in [0.25, 0.3) is 0 Å². The van der Waals surface area contributed by atoms with Crippen molar-refractivity contribution in [1.29, 1.82) is 0 Å². The minimum Gasteiger partial charge on any atom is -0.388 e. The molecule has 110 valence electrons. The molecule has 19 heavy (non-hydrogen) atoms. The molecule has 4 atom stereocenters. The summed E-state index contributed by atoms with van der Waals surface area (Å²) in [5, 5.41) is 16.8. The number of hydrogen-bond acceptors (Lipinski definition) is 3. The lowest BCUT2D eigenvalue weighted by molar-refractivity contribution is -0.126. The summed E-state index contributed by atoms with van der Waals surface area (Å²) in [7, 11) is 0. The van der Waals surface area contributed by atoms with E-state index < -0.39 is 5.60 Å². The van der Waals surface area contributed by atoms with Crippen LogP contribution in [-0.4, -0.2) is 35.7 Å². The van der Waals surface area contributed by atoms with E-state index in [1.165, 1.54) is 6.42 Å². The molecule has 4 nitrogen and oxygen atoms in total. The van der Waals surface area contributed by atoms with E-state index in [9.17, 15) is 9.90 Å². The Labute approximate surface area is 116 Å². The molecule has 1 aliphatic heterocycles. The highest BCUT2D eigenvalue weighted by atomic mass is 16.3. The number of amides is 1. The Hall–Kier alpha value is -0.610. The summed E-state index contributed by atoms with van der Waals surface area (Å²) in [6, 6.07) is -0.0848. The van der Waals surface area contributed by atoms with Crippen LogP contribution in [0.15, 0.2) is 0 Å². The van der Waals surface area contributed by atoms with Crippen molar-refractivity contribution in [3.8, 4) is 0 Å². The lowest BCUT2D eigenvalue weighted by Crippen LogP contribution is -2.54. The maximum absolute atomic E-state index is 12.2. The summed E-state index contributed by atoms with van der Waals surface area (Å²) < 4.78 is 0. The molecule has 0 aromatic rings. The number of hydrogen-bond donors (Lipinski definition) is 3. The fraction of sp³-hybridized carbons (Fsp3) is 0.933. The van der Waals surface area contributed by atoms with Crippen LogP contribution in [0, 0.1) is 11.8 Å². The van der Waals surface area contributed by atoms with E-state index in [4.69, 9.17) is 0 Å². The molecule has 3 N–H and O–H groups in total. The van der Waals surface area contributed by atoms with Gasteiger partial charge in [0.25, 0.3) is 0 Å². The van der Waals surface area contributed by atoms with Crippen LogP contribution in [0.5, 0.6) is 0 Å². The van der Waals surface area contributed by atoms with Crippen LogP contribution in [0.3, 0.4) is 0 Å². The lowest BCUT2D eigenvalue weighted by Gasteiger charge is -2.36. The van der Waals surface area contributed by atoms with Crippen LogP contribution in [-0.2, 0) is 4.79 Å². The second kappa shape index (κ2) is 6.23. The quantitative estimate of drug-likeness (QED) is 0.725. The van der Waals surface area contributed by atoms with Crippen molar-refractivity contribution in [3.05, 3.63) is 0 Å². The molecule has 4 unspecified atom stereocenters. The Morgan fingerprint density at radius 1 is 1.37 bits per heavy atom. The van der Waals surface area contributed by atoms with Crippen molar-refractivity contribution < 1.29 is 9.90 Å². The summed E-state index contributed by atoms with van der Waals surface area (Å²) in [6.07, 6.45) is 6.12. The summed E-state index contributed by atoms with van der Waals surface area (Å²) in [5.41, 5.74) is -0.689. The molecule has 0 aromatic carbocycles. The molecular weight excluding hydrogens is 240 g/mol. The largest absolute Gasteiger partial charge is 0.388 e. The Kier molecular flexibility index (Phi) is 4.85. The highest BCUT2D eigenvalue weighted by molar-refractivity contribution is 5.82. The molecule has 2 aliphatic rings. The van der Waals surface area contributed by atoms with Crippen LogP contribution < -0.4 is 10.6 Å².